The van der Waals surface area contributed by atoms with Gasteiger partial charge in [0.1, 0.15) is 11.2 Å². The van der Waals surface area contributed by atoms with Gasteiger partial charge < -0.3 is 13.7 Å². The third kappa shape index (κ3) is 4.92. The number of para-hydroxylation sites is 3. The van der Waals surface area contributed by atoms with Crippen molar-refractivity contribution in [3.63, 3.8) is 0 Å². The van der Waals surface area contributed by atoms with Gasteiger partial charge in [-0.25, -0.2) is 0 Å². The molecule has 0 fully saturated rings. The summed E-state index contributed by atoms with van der Waals surface area (Å²) in [5.41, 5.74) is 12.3. The summed E-state index contributed by atoms with van der Waals surface area (Å²) >= 11 is 0. The minimum Gasteiger partial charge on any atom is -0.454 e. The summed E-state index contributed by atoms with van der Waals surface area (Å²) < 4.78 is 15.6. The maximum absolute atomic E-state index is 6.83. The summed E-state index contributed by atoms with van der Waals surface area (Å²) in [6, 6.07) is 62.7. The van der Waals surface area contributed by atoms with Crippen molar-refractivity contribution >= 4 is 82.7 Å². The van der Waals surface area contributed by atoms with Crippen molar-refractivity contribution < 1.29 is 8.83 Å². The zero-order chi connectivity index (χ0) is 37.5. The summed E-state index contributed by atoms with van der Waals surface area (Å²) in [5, 5.41) is 8.21. The van der Waals surface area contributed by atoms with Crippen LogP contribution in [0.25, 0.3) is 82.5 Å². The number of nitrogens with zero attached hydrogens (tertiary/aromatic N) is 2. The highest BCUT2D eigenvalue weighted by Crippen LogP contribution is 2.47. The number of hydrogen-bond donors (Lipinski definition) is 0. The van der Waals surface area contributed by atoms with Crippen LogP contribution in [0.15, 0.2) is 185 Å². The summed E-state index contributed by atoms with van der Waals surface area (Å²) in [7, 11) is 0. The van der Waals surface area contributed by atoms with Gasteiger partial charge in [-0.05, 0) is 93.5 Å². The van der Waals surface area contributed by atoms with E-state index < -0.39 is 0 Å². The van der Waals surface area contributed by atoms with Crippen LogP contribution in [0.5, 0.6) is 0 Å². The first-order valence-corrected chi connectivity index (χ1v) is 19.3. The molecular weight excluding hydrogens is 685 g/mol. The lowest BCUT2D eigenvalue weighted by Crippen LogP contribution is -2.14. The van der Waals surface area contributed by atoms with Crippen molar-refractivity contribution in [2.45, 2.75) is 26.2 Å². The van der Waals surface area contributed by atoms with E-state index in [1.165, 1.54) is 32.8 Å². The molecule has 0 aliphatic carbocycles. The van der Waals surface area contributed by atoms with Gasteiger partial charge in [-0.15, -0.1) is 0 Å². The van der Waals surface area contributed by atoms with Gasteiger partial charge in [0.05, 0.1) is 16.6 Å². The average molecular weight is 723 g/mol. The summed E-state index contributed by atoms with van der Waals surface area (Å²) in [6.45, 7) is 6.82. The van der Waals surface area contributed by atoms with Crippen molar-refractivity contribution in [2.75, 3.05) is 4.90 Å². The molecule has 3 aromatic heterocycles. The lowest BCUT2D eigenvalue weighted by molar-refractivity contribution is 0.594. The molecule has 0 atom stereocenters. The molecule has 56 heavy (non-hydrogen) atoms. The predicted molar refractivity (Wildman–Crippen MR) is 234 cm³/mol. The van der Waals surface area contributed by atoms with E-state index in [1.807, 2.05) is 18.2 Å². The molecule has 0 saturated carbocycles. The summed E-state index contributed by atoms with van der Waals surface area (Å²) in [4.78, 5) is 2.33. The van der Waals surface area contributed by atoms with Gasteiger partial charge in [-0.1, -0.05) is 136 Å². The van der Waals surface area contributed by atoms with Gasteiger partial charge in [-0.2, -0.15) is 0 Å². The molecule has 11 aromatic rings. The Morgan fingerprint density at radius 1 is 0.482 bits per heavy atom. The fourth-order valence-corrected chi connectivity index (χ4v) is 8.76. The highest BCUT2D eigenvalue weighted by Gasteiger charge is 2.26. The Morgan fingerprint density at radius 2 is 1.07 bits per heavy atom. The van der Waals surface area contributed by atoms with Gasteiger partial charge in [-0.3, -0.25) is 4.57 Å². The van der Waals surface area contributed by atoms with E-state index in [4.69, 9.17) is 8.83 Å². The van der Waals surface area contributed by atoms with Crippen LogP contribution in [0, 0.1) is 0 Å². The Labute approximate surface area is 324 Å². The molecule has 0 bridgehead atoms. The Balaban J connectivity index is 1.11. The van der Waals surface area contributed by atoms with Crippen molar-refractivity contribution in [3.05, 3.63) is 181 Å². The molecule has 0 saturated heterocycles. The van der Waals surface area contributed by atoms with Crippen LogP contribution in [0.2, 0.25) is 0 Å². The fraction of sp³-hybridized carbons (Fsp3) is 0.0769. The largest absolute Gasteiger partial charge is 0.454 e. The number of anilines is 3. The number of furan rings is 2. The molecule has 8 aromatic carbocycles. The first-order valence-electron chi connectivity index (χ1n) is 19.3. The maximum Gasteiger partial charge on any atom is 0.213 e. The quantitative estimate of drug-likeness (QED) is 0.177. The van der Waals surface area contributed by atoms with E-state index >= 15 is 0 Å². The summed E-state index contributed by atoms with van der Waals surface area (Å²) in [5.74, 6) is 0. The molecule has 0 radical (unpaired) electrons. The van der Waals surface area contributed by atoms with Crippen molar-refractivity contribution in [3.8, 4) is 16.8 Å². The number of rotatable bonds is 5. The topological polar surface area (TPSA) is 34.5 Å². The number of fused-ring (bicyclic) bond motifs is 9. The molecule has 0 spiro atoms. The second-order valence-electron chi connectivity index (χ2n) is 15.7. The summed E-state index contributed by atoms with van der Waals surface area (Å²) in [6.07, 6.45) is 0. The minimum atomic E-state index is -0.0858. The zero-order valence-electron chi connectivity index (χ0n) is 31.5. The highest BCUT2D eigenvalue weighted by molar-refractivity contribution is 6.20. The van der Waals surface area contributed by atoms with Crippen molar-refractivity contribution in [1.82, 2.24) is 4.57 Å². The van der Waals surface area contributed by atoms with Gasteiger partial charge in [0, 0.05) is 38.6 Å². The van der Waals surface area contributed by atoms with E-state index in [0.717, 1.165) is 72.3 Å². The third-order valence-corrected chi connectivity index (χ3v) is 11.3. The Hall–Kier alpha value is -7.04. The normalized spacial score (nSPS) is 12.2. The molecular formula is C52H38N2O2. The molecule has 4 heteroatoms. The lowest BCUT2D eigenvalue weighted by atomic mass is 9.84. The molecule has 4 nitrogen and oxygen atoms in total. The van der Waals surface area contributed by atoms with E-state index in [2.05, 4.69) is 188 Å². The van der Waals surface area contributed by atoms with E-state index in [-0.39, 0.29) is 5.41 Å². The van der Waals surface area contributed by atoms with Crippen molar-refractivity contribution in [2.24, 2.45) is 0 Å². The Kier molecular flexibility index (Phi) is 7.08. The zero-order valence-corrected chi connectivity index (χ0v) is 31.5. The Bertz CT molecular complexity index is 3280. The minimum absolute atomic E-state index is 0.0858. The van der Waals surface area contributed by atoms with Crippen LogP contribution in [-0.2, 0) is 5.41 Å². The molecule has 11 rings (SSSR count). The van der Waals surface area contributed by atoms with Gasteiger partial charge >= 0.3 is 0 Å². The van der Waals surface area contributed by atoms with Crippen LogP contribution in [0.3, 0.4) is 0 Å². The third-order valence-electron chi connectivity index (χ3n) is 11.3. The number of hydrogen-bond acceptors (Lipinski definition) is 3. The van der Waals surface area contributed by atoms with Crippen LogP contribution in [-0.4, -0.2) is 4.57 Å². The standard InChI is InChI=1S/C52H38N2O2/c1-52(2,3)43-31-32-45(50-49(43)42-18-8-10-21-46(42)55-50)53(35-25-23-34(24-26-35)39-19-12-14-33-13-4-5-15-38(33)39)36-27-29-37(30-28-36)54-44-20-9-6-16-40(44)48-41-17-7-11-22-47(41)56-51(48)54/h4-32H,1-3H3. The number of benzene rings is 8. The molecule has 0 unspecified atom stereocenters. The van der Waals surface area contributed by atoms with Crippen LogP contribution >= 0.6 is 0 Å². The fourth-order valence-electron chi connectivity index (χ4n) is 8.76. The predicted octanol–water partition coefficient (Wildman–Crippen LogP) is 15.0. The first-order chi connectivity index (χ1) is 27.4. The van der Waals surface area contributed by atoms with E-state index in [1.54, 1.807) is 0 Å². The molecule has 0 amide bonds. The van der Waals surface area contributed by atoms with Crippen LogP contribution < -0.4 is 4.90 Å². The lowest BCUT2D eigenvalue weighted by Gasteiger charge is -2.28. The van der Waals surface area contributed by atoms with E-state index in [9.17, 15) is 0 Å². The van der Waals surface area contributed by atoms with Crippen LogP contribution in [0.1, 0.15) is 26.3 Å². The molecule has 268 valence electrons. The smallest absolute Gasteiger partial charge is 0.213 e. The number of aromatic nitrogens is 1. The highest BCUT2D eigenvalue weighted by atomic mass is 16.3. The molecule has 3 heterocycles. The first kappa shape index (κ1) is 32.4. The average Bonchev–Trinajstić information content (AvgIpc) is 3.90. The van der Waals surface area contributed by atoms with Gasteiger partial charge in [0.25, 0.3) is 0 Å². The SMILES string of the molecule is CC(C)(C)c1ccc(N(c2ccc(-c3cccc4ccccc34)cc2)c2ccc(-n3c4ccccc4c4c5ccccc5oc43)cc2)c2oc3ccccc3c12. The molecule has 0 aliphatic rings. The van der Waals surface area contributed by atoms with Gasteiger partial charge in [0.15, 0.2) is 5.58 Å². The molecule has 0 N–H and O–H groups in total. The second kappa shape index (κ2) is 12.2. The molecule has 0 aliphatic heterocycles. The van der Waals surface area contributed by atoms with E-state index in [0.29, 0.717) is 0 Å². The second-order valence-corrected chi connectivity index (χ2v) is 15.7. The van der Waals surface area contributed by atoms with Gasteiger partial charge in [0.2, 0.25) is 5.71 Å². The Morgan fingerprint density at radius 3 is 1.80 bits per heavy atom. The van der Waals surface area contributed by atoms with Crippen LogP contribution in [0.4, 0.5) is 17.1 Å². The monoisotopic (exact) mass is 722 g/mol. The maximum atomic E-state index is 6.83. The van der Waals surface area contributed by atoms with Crippen molar-refractivity contribution in [1.29, 1.82) is 0 Å².